The summed E-state index contributed by atoms with van der Waals surface area (Å²) in [6, 6.07) is 28.7. The summed E-state index contributed by atoms with van der Waals surface area (Å²) in [6.45, 7) is 10.5. The molecule has 1 radical (unpaired) electrons. The molecule has 0 amide bonds. The van der Waals surface area contributed by atoms with E-state index in [1.165, 1.54) is 27.8 Å². The molecule has 0 bridgehead atoms. The molecule has 5 aromatic heterocycles. The molecule has 0 aliphatic carbocycles. The van der Waals surface area contributed by atoms with Crippen LogP contribution in [0.2, 0.25) is 0 Å². The zero-order chi connectivity index (χ0) is 32.0. The third-order valence-corrected chi connectivity index (χ3v) is 6.47. The van der Waals surface area contributed by atoms with Crippen molar-refractivity contribution < 1.29 is 24.5 Å². The van der Waals surface area contributed by atoms with Gasteiger partial charge in [0.1, 0.15) is 6.61 Å². The van der Waals surface area contributed by atoms with Crippen molar-refractivity contribution in [3.8, 4) is 52.1 Å². The minimum Gasteiger partial charge on any atom is -0.500 e. The summed E-state index contributed by atoms with van der Waals surface area (Å²) in [5.41, 5.74) is 11.5. The minimum atomic E-state index is 0. The molecule has 6 nitrogen and oxygen atoms in total. The molecule has 0 spiro atoms. The molecule has 46 heavy (non-hydrogen) atoms. The van der Waals surface area contributed by atoms with Gasteiger partial charge in [-0.1, -0.05) is 17.6 Å². The van der Waals surface area contributed by atoms with Crippen LogP contribution in [0, 0.1) is 53.0 Å². The maximum absolute atomic E-state index is 5.36. The van der Waals surface area contributed by atoms with Crippen LogP contribution in [0.25, 0.3) is 34.0 Å². The van der Waals surface area contributed by atoms with Gasteiger partial charge in [-0.25, -0.2) is 0 Å². The van der Waals surface area contributed by atoms with Gasteiger partial charge in [0, 0.05) is 36.7 Å². The van der Waals surface area contributed by atoms with Gasteiger partial charge in [-0.2, -0.15) is 0 Å². The topological polar surface area (TPSA) is 73.7 Å². The summed E-state index contributed by atoms with van der Waals surface area (Å²) < 4.78 is 5.36. The number of aromatic nitrogens is 5. The first kappa shape index (κ1) is 35.4. The van der Waals surface area contributed by atoms with E-state index in [0.717, 1.165) is 39.8 Å². The number of ether oxygens (including phenoxy) is 1. The second kappa shape index (κ2) is 18.1. The molecule has 0 saturated carbocycles. The summed E-state index contributed by atoms with van der Waals surface area (Å²) in [5.74, 6) is 3.17. The Morgan fingerprint density at radius 1 is 0.543 bits per heavy atom. The van der Waals surface area contributed by atoms with E-state index < -0.39 is 0 Å². The van der Waals surface area contributed by atoms with Crippen molar-refractivity contribution in [2.24, 2.45) is 0 Å². The van der Waals surface area contributed by atoms with Gasteiger partial charge in [0.05, 0.1) is 22.8 Å². The molecule has 7 heteroatoms. The molecule has 0 aliphatic heterocycles. The molecule has 6 rings (SSSR count). The van der Waals surface area contributed by atoms with Crippen LogP contribution in [0.5, 0.6) is 5.75 Å². The van der Waals surface area contributed by atoms with Crippen LogP contribution in [-0.4, -0.2) is 31.5 Å². The molecule has 0 saturated heterocycles. The van der Waals surface area contributed by atoms with Crippen LogP contribution in [0.3, 0.4) is 0 Å². The SMILES string of the molecule is C#CCOc1cc[c-]c(-c2cc(C)ccn2)c1.Cc1ccnc(-c2cc(C)ccn2)c1.Cc1ccnc(-c2cc(C)ccn2)c1.[Os+]. The Balaban J connectivity index is 0.000000187. The first-order chi connectivity index (χ1) is 21.8. The monoisotopic (exact) mass is 782 g/mol. The molecule has 1 aromatic carbocycles. The normalized spacial score (nSPS) is 9.74. The molecule has 231 valence electrons. The predicted molar refractivity (Wildman–Crippen MR) is 181 cm³/mol. The van der Waals surface area contributed by atoms with Crippen molar-refractivity contribution in [1.29, 1.82) is 0 Å². The maximum atomic E-state index is 5.36. The quantitative estimate of drug-likeness (QED) is 0.129. The average molecular weight is 781 g/mol. The van der Waals surface area contributed by atoms with Crippen molar-refractivity contribution in [2.45, 2.75) is 34.6 Å². The van der Waals surface area contributed by atoms with Crippen LogP contribution in [0.4, 0.5) is 0 Å². The maximum Gasteiger partial charge on any atom is 1.00 e. The minimum absolute atomic E-state index is 0. The summed E-state index contributed by atoms with van der Waals surface area (Å²) >= 11 is 0. The second-order valence-corrected chi connectivity index (χ2v) is 10.5. The molecular weight excluding hydrogens is 745 g/mol. The predicted octanol–water partition coefficient (Wildman–Crippen LogP) is 8.39. The van der Waals surface area contributed by atoms with Crippen molar-refractivity contribution >= 4 is 0 Å². The zero-order valence-corrected chi connectivity index (χ0v) is 29.2. The van der Waals surface area contributed by atoms with E-state index in [1.807, 2.05) is 111 Å². The van der Waals surface area contributed by atoms with E-state index in [4.69, 9.17) is 11.2 Å². The van der Waals surface area contributed by atoms with Crippen molar-refractivity contribution in [1.82, 2.24) is 24.9 Å². The summed E-state index contributed by atoms with van der Waals surface area (Å²) in [6.07, 6.45) is 14.2. The Morgan fingerprint density at radius 2 is 0.891 bits per heavy atom. The molecular formula is C39H36N5OOs. The molecule has 0 N–H and O–H groups in total. The van der Waals surface area contributed by atoms with E-state index in [9.17, 15) is 0 Å². The number of hydrogen-bond donors (Lipinski definition) is 0. The number of pyridine rings is 5. The molecule has 0 fully saturated rings. The summed E-state index contributed by atoms with van der Waals surface area (Å²) in [7, 11) is 0. The fraction of sp³-hybridized carbons (Fsp3) is 0.154. The van der Waals surface area contributed by atoms with Crippen molar-refractivity contribution in [3.05, 3.63) is 144 Å². The van der Waals surface area contributed by atoms with Gasteiger partial charge in [0.2, 0.25) is 0 Å². The van der Waals surface area contributed by atoms with Crippen molar-refractivity contribution in [2.75, 3.05) is 6.61 Å². The van der Waals surface area contributed by atoms with Gasteiger partial charge in [-0.3, -0.25) is 19.9 Å². The zero-order valence-electron chi connectivity index (χ0n) is 26.7. The Morgan fingerprint density at radius 3 is 1.24 bits per heavy atom. The van der Waals surface area contributed by atoms with Crippen LogP contribution < -0.4 is 4.74 Å². The Bertz CT molecular complexity index is 1730. The smallest absolute Gasteiger partial charge is 0.500 e. The van der Waals surface area contributed by atoms with Crippen LogP contribution >= 0.6 is 0 Å². The van der Waals surface area contributed by atoms with E-state index >= 15 is 0 Å². The molecule has 0 aliphatic rings. The van der Waals surface area contributed by atoms with Gasteiger partial charge in [-0.15, -0.1) is 36.3 Å². The summed E-state index contributed by atoms with van der Waals surface area (Å²) in [4.78, 5) is 21.5. The second-order valence-electron chi connectivity index (χ2n) is 10.5. The van der Waals surface area contributed by atoms with E-state index in [2.05, 4.69) is 64.6 Å². The molecule has 0 atom stereocenters. The largest absolute Gasteiger partial charge is 1.00 e. The number of benzene rings is 1. The molecule has 6 aromatic rings. The van der Waals surface area contributed by atoms with Gasteiger partial charge < -0.3 is 9.72 Å². The average Bonchev–Trinajstić information content (AvgIpc) is 3.05. The standard InChI is InChI=1S/C15H12NO.2C12H12N2.Os/c1-3-9-17-14-6-4-5-13(11-14)15-10-12(2)7-8-16-15;2*1-9-3-5-13-11(7-9)12-8-10(2)4-6-14-12;/h1,4,6-8,10-11H,9H2,2H3;2*3-8H,1-2H3;/q-1;;;+1. The van der Waals surface area contributed by atoms with Gasteiger partial charge in [0.25, 0.3) is 0 Å². The fourth-order valence-corrected chi connectivity index (χ4v) is 4.20. The third kappa shape index (κ3) is 11.2. The third-order valence-electron chi connectivity index (χ3n) is 6.47. The van der Waals surface area contributed by atoms with Crippen LogP contribution in [-0.2, 0) is 19.8 Å². The Hall–Kier alpha value is -5.03. The van der Waals surface area contributed by atoms with Crippen molar-refractivity contribution in [3.63, 3.8) is 0 Å². The molecule has 0 unspecified atom stereocenters. The molecule has 5 heterocycles. The summed E-state index contributed by atoms with van der Waals surface area (Å²) in [5, 5.41) is 0. The number of aryl methyl sites for hydroxylation is 5. The van der Waals surface area contributed by atoms with E-state index in [1.54, 1.807) is 6.20 Å². The van der Waals surface area contributed by atoms with Crippen LogP contribution in [0.15, 0.2) is 110 Å². The number of rotatable bonds is 5. The van der Waals surface area contributed by atoms with E-state index in [0.29, 0.717) is 0 Å². The first-order valence-electron chi connectivity index (χ1n) is 14.5. The number of terminal acetylenes is 1. The van der Waals surface area contributed by atoms with Gasteiger partial charge in [-0.05, 0) is 117 Å². The van der Waals surface area contributed by atoms with Crippen LogP contribution in [0.1, 0.15) is 27.8 Å². The van der Waals surface area contributed by atoms with Gasteiger partial charge >= 0.3 is 19.8 Å². The number of hydrogen-bond acceptors (Lipinski definition) is 6. The first-order valence-corrected chi connectivity index (χ1v) is 14.5. The Labute approximate surface area is 285 Å². The van der Waals surface area contributed by atoms with E-state index in [-0.39, 0.29) is 26.4 Å². The fourth-order valence-electron chi connectivity index (χ4n) is 4.20. The Kier molecular flexibility index (Phi) is 13.9. The van der Waals surface area contributed by atoms with Gasteiger partial charge in [0.15, 0.2) is 0 Å². The number of nitrogens with zero attached hydrogens (tertiary/aromatic N) is 5.